The Morgan fingerprint density at radius 3 is 2.47 bits per heavy atom. The van der Waals surface area contributed by atoms with Crippen molar-refractivity contribution >= 4 is 17.6 Å². The van der Waals surface area contributed by atoms with Crippen molar-refractivity contribution in [2.45, 2.75) is 46.6 Å². The monoisotopic (exact) mass is 417 g/mol. The van der Waals surface area contributed by atoms with Gasteiger partial charge in [0.15, 0.2) is 5.96 Å². The second-order valence-electron chi connectivity index (χ2n) is 8.21. The lowest BCUT2D eigenvalue weighted by atomic mass is 10.0. The van der Waals surface area contributed by atoms with Gasteiger partial charge in [-0.2, -0.15) is 0 Å². The van der Waals surface area contributed by atoms with Crippen LogP contribution in [0.5, 0.6) is 0 Å². The molecule has 1 aliphatic heterocycles. The van der Waals surface area contributed by atoms with Gasteiger partial charge >= 0.3 is 0 Å². The van der Waals surface area contributed by atoms with Gasteiger partial charge in [-0.1, -0.05) is 26.0 Å². The molecule has 0 aromatic heterocycles. The summed E-state index contributed by atoms with van der Waals surface area (Å²) in [7, 11) is 0. The number of hydrogen-bond donors (Lipinski definition) is 3. The predicted octanol–water partition coefficient (Wildman–Crippen LogP) is 2.49. The lowest BCUT2D eigenvalue weighted by Gasteiger charge is -2.34. The molecule has 30 heavy (non-hydrogen) atoms. The molecule has 1 aromatic rings. The SMILES string of the molecule is CCNC(=NCC(CC(C)C)N1CCOCC1)NCCc1ccc(NC(C)=O)cc1. The van der Waals surface area contributed by atoms with E-state index in [9.17, 15) is 4.79 Å². The van der Waals surface area contributed by atoms with Crippen LogP contribution in [0.25, 0.3) is 0 Å². The van der Waals surface area contributed by atoms with E-state index in [0.717, 1.165) is 70.4 Å². The van der Waals surface area contributed by atoms with Crippen LogP contribution >= 0.6 is 0 Å². The van der Waals surface area contributed by atoms with Gasteiger partial charge in [0.2, 0.25) is 5.91 Å². The number of amides is 1. The third-order valence-electron chi connectivity index (χ3n) is 5.09. The number of aliphatic imine (C=N–C) groups is 1. The van der Waals surface area contributed by atoms with E-state index in [1.807, 2.05) is 24.3 Å². The van der Waals surface area contributed by atoms with Crippen LogP contribution in [0, 0.1) is 5.92 Å². The van der Waals surface area contributed by atoms with E-state index in [2.05, 4.69) is 41.6 Å². The van der Waals surface area contributed by atoms with Crippen LogP contribution in [-0.4, -0.2) is 68.7 Å². The Kier molecular flexibility index (Phi) is 10.7. The van der Waals surface area contributed by atoms with Gasteiger partial charge in [-0.3, -0.25) is 14.7 Å². The molecule has 1 atom stereocenters. The summed E-state index contributed by atoms with van der Waals surface area (Å²) in [5.74, 6) is 1.46. The number of carbonyl (C=O) groups excluding carboxylic acids is 1. The summed E-state index contributed by atoms with van der Waals surface area (Å²) < 4.78 is 5.52. The molecular formula is C23H39N5O2. The molecule has 1 fully saturated rings. The Labute approximate surface area is 181 Å². The minimum Gasteiger partial charge on any atom is -0.379 e. The largest absolute Gasteiger partial charge is 0.379 e. The number of rotatable bonds is 10. The first-order valence-electron chi connectivity index (χ1n) is 11.2. The van der Waals surface area contributed by atoms with Crippen molar-refractivity contribution in [2.24, 2.45) is 10.9 Å². The zero-order chi connectivity index (χ0) is 21.8. The van der Waals surface area contributed by atoms with E-state index in [1.165, 1.54) is 12.5 Å². The fraction of sp³-hybridized carbons (Fsp3) is 0.652. The summed E-state index contributed by atoms with van der Waals surface area (Å²) in [6.07, 6.45) is 2.03. The number of anilines is 1. The molecule has 0 saturated carbocycles. The summed E-state index contributed by atoms with van der Waals surface area (Å²) in [6, 6.07) is 8.43. The van der Waals surface area contributed by atoms with E-state index >= 15 is 0 Å². The summed E-state index contributed by atoms with van der Waals surface area (Å²) in [6.45, 7) is 14.2. The summed E-state index contributed by atoms with van der Waals surface area (Å²) in [5.41, 5.74) is 2.05. The molecule has 1 aliphatic rings. The van der Waals surface area contributed by atoms with Gasteiger partial charge in [0.1, 0.15) is 0 Å². The molecule has 7 nitrogen and oxygen atoms in total. The van der Waals surface area contributed by atoms with Crippen LogP contribution in [-0.2, 0) is 16.0 Å². The van der Waals surface area contributed by atoms with Crippen molar-refractivity contribution < 1.29 is 9.53 Å². The van der Waals surface area contributed by atoms with Gasteiger partial charge in [-0.25, -0.2) is 0 Å². The maximum absolute atomic E-state index is 11.1. The first-order chi connectivity index (χ1) is 14.5. The maximum atomic E-state index is 11.1. The first kappa shape index (κ1) is 24.2. The Bertz CT molecular complexity index is 654. The van der Waals surface area contributed by atoms with Crippen LogP contribution in [0.2, 0.25) is 0 Å². The van der Waals surface area contributed by atoms with Crippen molar-refractivity contribution in [3.63, 3.8) is 0 Å². The van der Waals surface area contributed by atoms with Crippen LogP contribution < -0.4 is 16.0 Å². The minimum atomic E-state index is -0.0521. The Balaban J connectivity index is 1.88. The highest BCUT2D eigenvalue weighted by molar-refractivity contribution is 5.88. The molecule has 3 N–H and O–H groups in total. The van der Waals surface area contributed by atoms with Crippen LogP contribution in [0.3, 0.4) is 0 Å². The maximum Gasteiger partial charge on any atom is 0.221 e. The fourth-order valence-electron chi connectivity index (χ4n) is 3.65. The average molecular weight is 418 g/mol. The van der Waals surface area contributed by atoms with Gasteiger partial charge in [-0.05, 0) is 43.4 Å². The van der Waals surface area contributed by atoms with Crippen LogP contribution in [0.4, 0.5) is 5.69 Å². The average Bonchev–Trinajstić information content (AvgIpc) is 2.72. The van der Waals surface area contributed by atoms with Crippen molar-refractivity contribution in [1.29, 1.82) is 0 Å². The number of ether oxygens (including phenoxy) is 1. The first-order valence-corrected chi connectivity index (χ1v) is 11.2. The summed E-state index contributed by atoms with van der Waals surface area (Å²) >= 11 is 0. The Morgan fingerprint density at radius 1 is 1.17 bits per heavy atom. The summed E-state index contributed by atoms with van der Waals surface area (Å²) in [4.78, 5) is 18.5. The highest BCUT2D eigenvalue weighted by Crippen LogP contribution is 2.14. The number of benzene rings is 1. The zero-order valence-electron chi connectivity index (χ0n) is 19.0. The molecule has 1 heterocycles. The normalized spacial score (nSPS) is 16.4. The van der Waals surface area contributed by atoms with Crippen LogP contribution in [0.15, 0.2) is 29.3 Å². The summed E-state index contributed by atoms with van der Waals surface area (Å²) in [5, 5.41) is 9.61. The lowest BCUT2D eigenvalue weighted by molar-refractivity contribution is -0.114. The number of hydrogen-bond acceptors (Lipinski definition) is 4. The molecule has 1 aromatic carbocycles. The Hall–Kier alpha value is -2.12. The molecule has 0 bridgehead atoms. The van der Waals surface area contributed by atoms with E-state index in [-0.39, 0.29) is 5.91 Å². The molecule has 168 valence electrons. The third kappa shape index (κ3) is 9.13. The quantitative estimate of drug-likeness (QED) is 0.403. The molecular weight excluding hydrogens is 378 g/mol. The highest BCUT2D eigenvalue weighted by Gasteiger charge is 2.21. The Morgan fingerprint density at radius 2 is 1.87 bits per heavy atom. The third-order valence-corrected chi connectivity index (χ3v) is 5.09. The van der Waals surface area contributed by atoms with Gasteiger partial charge < -0.3 is 20.7 Å². The van der Waals surface area contributed by atoms with Gasteiger partial charge in [-0.15, -0.1) is 0 Å². The second-order valence-corrected chi connectivity index (χ2v) is 8.21. The number of nitrogens with one attached hydrogen (secondary N) is 3. The number of carbonyl (C=O) groups is 1. The van der Waals surface area contributed by atoms with E-state index in [4.69, 9.17) is 9.73 Å². The lowest BCUT2D eigenvalue weighted by Crippen LogP contribution is -2.46. The van der Waals surface area contributed by atoms with E-state index < -0.39 is 0 Å². The molecule has 1 amide bonds. The molecule has 2 rings (SSSR count). The molecule has 1 saturated heterocycles. The standard InChI is InChI=1S/C23H39N5O2/c1-5-24-23(25-11-10-20-6-8-21(9-7-20)27-19(4)29)26-17-22(16-18(2)3)28-12-14-30-15-13-28/h6-9,18,22H,5,10-17H2,1-4H3,(H,27,29)(H2,24,25,26). The minimum absolute atomic E-state index is 0.0521. The van der Waals surface area contributed by atoms with Crippen molar-refractivity contribution in [3.8, 4) is 0 Å². The van der Waals surface area contributed by atoms with E-state index in [0.29, 0.717) is 12.0 Å². The smallest absolute Gasteiger partial charge is 0.221 e. The zero-order valence-corrected chi connectivity index (χ0v) is 19.0. The van der Waals surface area contributed by atoms with Crippen molar-refractivity contribution in [1.82, 2.24) is 15.5 Å². The van der Waals surface area contributed by atoms with Gasteiger partial charge in [0, 0.05) is 44.8 Å². The number of morpholine rings is 1. The second kappa shape index (κ2) is 13.2. The molecule has 1 unspecified atom stereocenters. The van der Waals surface area contributed by atoms with Crippen LogP contribution in [0.1, 0.15) is 39.7 Å². The number of nitrogens with zero attached hydrogens (tertiary/aromatic N) is 2. The molecule has 0 spiro atoms. The topological polar surface area (TPSA) is 78.0 Å². The van der Waals surface area contributed by atoms with Crippen molar-refractivity contribution in [3.05, 3.63) is 29.8 Å². The molecule has 0 radical (unpaired) electrons. The fourth-order valence-corrected chi connectivity index (χ4v) is 3.65. The number of guanidine groups is 1. The predicted molar refractivity (Wildman–Crippen MR) is 124 cm³/mol. The van der Waals surface area contributed by atoms with E-state index in [1.54, 1.807) is 0 Å². The molecule has 7 heteroatoms. The van der Waals surface area contributed by atoms with Crippen molar-refractivity contribution in [2.75, 3.05) is 51.3 Å². The molecule has 0 aliphatic carbocycles. The van der Waals surface area contributed by atoms with Gasteiger partial charge in [0.25, 0.3) is 0 Å². The highest BCUT2D eigenvalue weighted by atomic mass is 16.5. The van der Waals surface area contributed by atoms with Gasteiger partial charge in [0.05, 0.1) is 19.8 Å².